The summed E-state index contributed by atoms with van der Waals surface area (Å²) in [5, 5.41) is 5.91. The van der Waals surface area contributed by atoms with Crippen LogP contribution in [0.4, 0.5) is 0 Å². The quantitative estimate of drug-likeness (QED) is 0.940. The fourth-order valence-electron chi connectivity index (χ4n) is 1.35. The second-order valence-corrected chi connectivity index (χ2v) is 5.31. The van der Waals surface area contributed by atoms with E-state index in [4.69, 9.17) is 10.3 Å². The SMILES string of the molecule is CCCC(N)c1nc(-c2cc(Br)cs2)no1. The summed E-state index contributed by atoms with van der Waals surface area (Å²) in [6, 6.07) is 1.81. The number of aromatic nitrogens is 2. The topological polar surface area (TPSA) is 64.9 Å². The van der Waals surface area contributed by atoms with Crippen molar-refractivity contribution in [3.8, 4) is 10.7 Å². The second kappa shape index (κ2) is 5.07. The molecule has 0 radical (unpaired) electrons. The average molecular weight is 302 g/mol. The Morgan fingerprint density at radius 3 is 3.06 bits per heavy atom. The molecule has 0 aliphatic heterocycles. The number of nitrogens with two attached hydrogens (primary N) is 1. The van der Waals surface area contributed by atoms with Crippen LogP contribution >= 0.6 is 27.3 Å². The molecule has 0 fully saturated rings. The zero-order chi connectivity index (χ0) is 11.5. The highest BCUT2D eigenvalue weighted by Crippen LogP contribution is 2.28. The number of hydrogen-bond acceptors (Lipinski definition) is 5. The van der Waals surface area contributed by atoms with Crippen LogP contribution in [-0.2, 0) is 0 Å². The van der Waals surface area contributed by atoms with E-state index < -0.39 is 0 Å². The van der Waals surface area contributed by atoms with Crippen molar-refractivity contribution in [3.05, 3.63) is 21.8 Å². The van der Waals surface area contributed by atoms with Gasteiger partial charge in [0, 0.05) is 9.85 Å². The van der Waals surface area contributed by atoms with Crippen LogP contribution in [0.25, 0.3) is 10.7 Å². The van der Waals surface area contributed by atoms with Crippen molar-refractivity contribution in [2.24, 2.45) is 5.73 Å². The zero-order valence-electron chi connectivity index (χ0n) is 8.81. The largest absolute Gasteiger partial charge is 0.337 e. The zero-order valence-corrected chi connectivity index (χ0v) is 11.2. The van der Waals surface area contributed by atoms with Crippen molar-refractivity contribution in [2.45, 2.75) is 25.8 Å². The van der Waals surface area contributed by atoms with Gasteiger partial charge < -0.3 is 10.3 Å². The van der Waals surface area contributed by atoms with Gasteiger partial charge in [-0.25, -0.2) is 0 Å². The van der Waals surface area contributed by atoms with Crippen LogP contribution in [0.2, 0.25) is 0 Å². The molecule has 2 heterocycles. The third kappa shape index (κ3) is 2.50. The van der Waals surface area contributed by atoms with Crippen LogP contribution in [0.1, 0.15) is 31.7 Å². The highest BCUT2D eigenvalue weighted by atomic mass is 79.9. The molecule has 0 saturated carbocycles. The summed E-state index contributed by atoms with van der Waals surface area (Å²) < 4.78 is 6.17. The predicted octanol–water partition coefficient (Wildman–Crippen LogP) is 3.36. The number of halogens is 1. The Labute approximate surface area is 106 Å². The van der Waals surface area contributed by atoms with Crippen molar-refractivity contribution in [3.63, 3.8) is 0 Å². The van der Waals surface area contributed by atoms with Gasteiger partial charge in [-0.3, -0.25) is 0 Å². The van der Waals surface area contributed by atoms with E-state index in [1.165, 1.54) is 0 Å². The van der Waals surface area contributed by atoms with Gasteiger partial charge >= 0.3 is 0 Å². The van der Waals surface area contributed by atoms with Gasteiger partial charge in [0.05, 0.1) is 10.9 Å². The molecule has 0 amide bonds. The Morgan fingerprint density at radius 2 is 2.44 bits per heavy atom. The molecule has 2 rings (SSSR count). The Bertz CT molecular complexity index is 468. The lowest BCUT2D eigenvalue weighted by molar-refractivity contribution is 0.348. The Morgan fingerprint density at radius 1 is 1.62 bits per heavy atom. The predicted molar refractivity (Wildman–Crippen MR) is 67.1 cm³/mol. The van der Waals surface area contributed by atoms with E-state index in [2.05, 4.69) is 33.0 Å². The first-order valence-electron chi connectivity index (χ1n) is 5.04. The lowest BCUT2D eigenvalue weighted by Gasteiger charge is -2.01. The highest BCUT2D eigenvalue weighted by molar-refractivity contribution is 9.10. The van der Waals surface area contributed by atoms with Gasteiger partial charge in [0.2, 0.25) is 11.7 Å². The molecule has 1 atom stereocenters. The van der Waals surface area contributed by atoms with E-state index >= 15 is 0 Å². The minimum atomic E-state index is -0.158. The summed E-state index contributed by atoms with van der Waals surface area (Å²) >= 11 is 4.96. The van der Waals surface area contributed by atoms with Crippen molar-refractivity contribution in [2.75, 3.05) is 0 Å². The van der Waals surface area contributed by atoms with E-state index in [9.17, 15) is 0 Å². The molecule has 2 N–H and O–H groups in total. The molecule has 0 spiro atoms. The van der Waals surface area contributed by atoms with Gasteiger partial charge in [-0.05, 0) is 28.4 Å². The molecule has 6 heteroatoms. The van der Waals surface area contributed by atoms with Gasteiger partial charge in [0.15, 0.2) is 0 Å². The summed E-state index contributed by atoms with van der Waals surface area (Å²) in [7, 11) is 0. The molecular weight excluding hydrogens is 290 g/mol. The molecule has 2 aromatic rings. The van der Waals surface area contributed by atoms with E-state index in [1.807, 2.05) is 11.4 Å². The lowest BCUT2D eigenvalue weighted by atomic mass is 10.2. The van der Waals surface area contributed by atoms with Crippen LogP contribution in [0.15, 0.2) is 20.4 Å². The maximum atomic E-state index is 5.90. The van der Waals surface area contributed by atoms with Crippen molar-refractivity contribution in [1.29, 1.82) is 0 Å². The monoisotopic (exact) mass is 301 g/mol. The molecule has 0 aromatic carbocycles. The number of thiophene rings is 1. The molecule has 4 nitrogen and oxygen atoms in total. The number of rotatable bonds is 4. The minimum absolute atomic E-state index is 0.158. The lowest BCUT2D eigenvalue weighted by Crippen LogP contribution is -2.09. The van der Waals surface area contributed by atoms with E-state index in [0.717, 1.165) is 22.2 Å². The van der Waals surface area contributed by atoms with Gasteiger partial charge in [0.1, 0.15) is 0 Å². The van der Waals surface area contributed by atoms with Crippen LogP contribution < -0.4 is 5.73 Å². The molecular formula is C10H12BrN3OS. The molecule has 0 aliphatic carbocycles. The standard InChI is InChI=1S/C10H12BrN3OS/c1-2-3-7(12)10-13-9(14-15-10)8-4-6(11)5-16-8/h4-5,7H,2-3,12H2,1H3. The van der Waals surface area contributed by atoms with Gasteiger partial charge in [-0.1, -0.05) is 18.5 Å². The summed E-state index contributed by atoms with van der Waals surface area (Å²) in [4.78, 5) is 5.28. The Balaban J connectivity index is 2.19. The molecule has 16 heavy (non-hydrogen) atoms. The molecule has 0 aliphatic rings. The first kappa shape index (κ1) is 11.8. The van der Waals surface area contributed by atoms with E-state index in [1.54, 1.807) is 11.3 Å². The van der Waals surface area contributed by atoms with Crippen molar-refractivity contribution < 1.29 is 4.52 Å². The Kier molecular flexibility index (Phi) is 3.73. The molecule has 86 valence electrons. The molecule has 2 aromatic heterocycles. The first-order valence-corrected chi connectivity index (χ1v) is 6.71. The fraction of sp³-hybridized carbons (Fsp3) is 0.400. The summed E-state index contributed by atoms with van der Waals surface area (Å²) in [5.41, 5.74) is 5.90. The molecule has 0 saturated heterocycles. The van der Waals surface area contributed by atoms with E-state index in [0.29, 0.717) is 11.7 Å². The van der Waals surface area contributed by atoms with Crippen LogP contribution in [0.3, 0.4) is 0 Å². The first-order chi connectivity index (χ1) is 7.70. The number of hydrogen-bond donors (Lipinski definition) is 1. The smallest absolute Gasteiger partial charge is 0.243 e. The van der Waals surface area contributed by atoms with Crippen molar-refractivity contribution >= 4 is 27.3 Å². The van der Waals surface area contributed by atoms with Gasteiger partial charge in [-0.2, -0.15) is 4.98 Å². The fourth-order valence-corrected chi connectivity index (χ4v) is 2.70. The second-order valence-electron chi connectivity index (χ2n) is 3.48. The number of nitrogens with zero attached hydrogens (tertiary/aromatic N) is 2. The molecule has 0 bridgehead atoms. The third-order valence-corrected chi connectivity index (χ3v) is 3.83. The third-order valence-electron chi connectivity index (χ3n) is 2.15. The van der Waals surface area contributed by atoms with Crippen LogP contribution in [-0.4, -0.2) is 10.1 Å². The van der Waals surface area contributed by atoms with Crippen LogP contribution in [0, 0.1) is 0 Å². The highest BCUT2D eigenvalue weighted by Gasteiger charge is 2.15. The van der Waals surface area contributed by atoms with Gasteiger partial charge in [-0.15, -0.1) is 11.3 Å². The van der Waals surface area contributed by atoms with E-state index in [-0.39, 0.29) is 6.04 Å². The molecule has 1 unspecified atom stereocenters. The van der Waals surface area contributed by atoms with Crippen LogP contribution in [0.5, 0.6) is 0 Å². The maximum Gasteiger partial charge on any atom is 0.243 e. The average Bonchev–Trinajstić information content (AvgIpc) is 2.85. The summed E-state index contributed by atoms with van der Waals surface area (Å²) in [5.74, 6) is 1.12. The normalized spacial score (nSPS) is 12.9. The summed E-state index contributed by atoms with van der Waals surface area (Å²) in [6.45, 7) is 2.08. The van der Waals surface area contributed by atoms with Gasteiger partial charge in [0.25, 0.3) is 0 Å². The summed E-state index contributed by atoms with van der Waals surface area (Å²) in [6.07, 6.45) is 1.86. The minimum Gasteiger partial charge on any atom is -0.337 e. The van der Waals surface area contributed by atoms with Crippen molar-refractivity contribution in [1.82, 2.24) is 10.1 Å². The maximum absolute atomic E-state index is 5.90. The Hall–Kier alpha value is -0.720.